The highest BCUT2D eigenvalue weighted by atomic mass is 16.7. The van der Waals surface area contributed by atoms with Crippen molar-refractivity contribution < 1.29 is 23.8 Å². The lowest BCUT2D eigenvalue weighted by Gasteiger charge is -2.58. The third-order valence-corrected chi connectivity index (χ3v) is 11.2. The summed E-state index contributed by atoms with van der Waals surface area (Å²) < 4.78 is 17.9. The van der Waals surface area contributed by atoms with E-state index in [2.05, 4.69) is 50.9 Å². The number of oxime groups is 1. The average Bonchev–Trinajstić information content (AvgIpc) is 3.26. The van der Waals surface area contributed by atoms with Crippen molar-refractivity contribution >= 4 is 11.7 Å². The molecule has 0 spiro atoms. The molecule has 6 heteroatoms. The van der Waals surface area contributed by atoms with E-state index in [0.717, 1.165) is 36.3 Å². The van der Waals surface area contributed by atoms with Crippen LogP contribution in [0.1, 0.15) is 86.0 Å². The molecular formula is C33H47NO5. The number of fused-ring (bicyclic) bond motifs is 5. The second-order valence-electron chi connectivity index (χ2n) is 13.2. The summed E-state index contributed by atoms with van der Waals surface area (Å²) in [7, 11) is 0. The number of rotatable bonds is 7. The van der Waals surface area contributed by atoms with E-state index in [9.17, 15) is 4.79 Å². The van der Waals surface area contributed by atoms with Crippen molar-refractivity contribution in [2.45, 2.75) is 104 Å². The van der Waals surface area contributed by atoms with Crippen LogP contribution in [-0.4, -0.2) is 43.4 Å². The number of ether oxygens (including phenoxy) is 3. The molecule has 4 unspecified atom stereocenters. The van der Waals surface area contributed by atoms with Gasteiger partial charge in [0.15, 0.2) is 12.9 Å². The Morgan fingerprint density at radius 1 is 1.15 bits per heavy atom. The first-order valence-electron chi connectivity index (χ1n) is 15.1. The first-order valence-corrected chi connectivity index (χ1v) is 15.1. The molecule has 1 heterocycles. The van der Waals surface area contributed by atoms with Crippen molar-refractivity contribution in [3.8, 4) is 12.3 Å². The average molecular weight is 538 g/mol. The molecule has 214 valence electrons. The first kappa shape index (κ1) is 28.4. The number of carbonyl (C=O) groups excluding carboxylic acids is 1. The van der Waals surface area contributed by atoms with Gasteiger partial charge in [0.2, 0.25) is 0 Å². The van der Waals surface area contributed by atoms with Crippen LogP contribution in [0.4, 0.5) is 0 Å². The molecule has 5 aliphatic rings. The third-order valence-electron chi connectivity index (χ3n) is 11.2. The monoisotopic (exact) mass is 537 g/mol. The second kappa shape index (κ2) is 11.4. The van der Waals surface area contributed by atoms with Gasteiger partial charge in [-0.25, -0.2) is 0 Å². The van der Waals surface area contributed by atoms with E-state index in [1.54, 1.807) is 5.57 Å². The fraction of sp³-hybridized carbons (Fsp3) is 0.758. The van der Waals surface area contributed by atoms with Crippen LogP contribution >= 0.6 is 0 Å². The normalized spacial score (nSPS) is 43.4. The number of esters is 1. The highest BCUT2D eigenvalue weighted by Gasteiger charge is 2.59. The molecule has 0 radical (unpaired) electrons. The molecule has 3 fully saturated rings. The molecule has 4 aliphatic carbocycles. The highest BCUT2D eigenvalue weighted by molar-refractivity contribution is 5.85. The van der Waals surface area contributed by atoms with Gasteiger partial charge in [-0.3, -0.25) is 4.79 Å². The molecule has 6 nitrogen and oxygen atoms in total. The van der Waals surface area contributed by atoms with Crippen molar-refractivity contribution in [1.29, 1.82) is 0 Å². The minimum absolute atomic E-state index is 0.157. The lowest BCUT2D eigenvalue weighted by atomic mass is 9.47. The SMILES string of the molecule is C#CCO/N=C(\C)[C@H]1CCC2C3CC=C4C[C@@H](OC5C=C[C@H](C)[C@@H](COC(C)=O)O5)CC[C@]4(C)C3CC[C@@]21C. The van der Waals surface area contributed by atoms with Gasteiger partial charge in [-0.1, -0.05) is 49.6 Å². The van der Waals surface area contributed by atoms with Crippen LogP contribution in [0.5, 0.6) is 0 Å². The maximum atomic E-state index is 11.3. The van der Waals surface area contributed by atoms with Gasteiger partial charge in [-0.15, -0.1) is 6.42 Å². The third kappa shape index (κ3) is 5.46. The van der Waals surface area contributed by atoms with Crippen LogP contribution < -0.4 is 0 Å². The second-order valence-corrected chi connectivity index (χ2v) is 13.2. The Hall–Kier alpha value is -2.10. The molecule has 39 heavy (non-hydrogen) atoms. The fourth-order valence-electron chi connectivity index (χ4n) is 9.05. The largest absolute Gasteiger partial charge is 0.463 e. The summed E-state index contributed by atoms with van der Waals surface area (Å²) in [5, 5.41) is 4.41. The Labute approximate surface area is 234 Å². The summed E-state index contributed by atoms with van der Waals surface area (Å²) >= 11 is 0. The molecule has 0 saturated heterocycles. The van der Waals surface area contributed by atoms with E-state index in [1.165, 1.54) is 45.4 Å². The Bertz CT molecular complexity index is 1060. The predicted molar refractivity (Wildman–Crippen MR) is 152 cm³/mol. The van der Waals surface area contributed by atoms with Crippen LogP contribution in [0.25, 0.3) is 0 Å². The van der Waals surface area contributed by atoms with Crippen molar-refractivity contribution in [3.63, 3.8) is 0 Å². The molecule has 1 aliphatic heterocycles. The van der Waals surface area contributed by atoms with E-state index in [1.807, 2.05) is 6.08 Å². The number of hydrogen-bond donors (Lipinski definition) is 0. The van der Waals surface area contributed by atoms with E-state index >= 15 is 0 Å². The van der Waals surface area contributed by atoms with Gasteiger partial charge in [0.25, 0.3) is 0 Å². The molecule has 5 rings (SSSR count). The Balaban J connectivity index is 1.23. The van der Waals surface area contributed by atoms with Crippen molar-refractivity contribution in [1.82, 2.24) is 0 Å². The van der Waals surface area contributed by atoms with Crippen LogP contribution in [0.15, 0.2) is 29.0 Å². The van der Waals surface area contributed by atoms with Gasteiger partial charge in [-0.2, -0.15) is 0 Å². The van der Waals surface area contributed by atoms with Gasteiger partial charge >= 0.3 is 5.97 Å². The van der Waals surface area contributed by atoms with Crippen molar-refractivity contribution in [2.24, 2.45) is 45.6 Å². The summed E-state index contributed by atoms with van der Waals surface area (Å²) in [5.41, 5.74) is 3.27. The van der Waals surface area contributed by atoms with E-state index in [4.69, 9.17) is 25.5 Å². The smallest absolute Gasteiger partial charge is 0.302 e. The molecule has 0 aromatic heterocycles. The number of hydrogen-bond acceptors (Lipinski definition) is 6. The van der Waals surface area contributed by atoms with Gasteiger partial charge in [0.05, 0.1) is 11.8 Å². The lowest BCUT2D eigenvalue weighted by Crippen LogP contribution is -2.51. The fourth-order valence-corrected chi connectivity index (χ4v) is 9.05. The van der Waals surface area contributed by atoms with Crippen molar-refractivity contribution in [3.05, 3.63) is 23.8 Å². The quantitative estimate of drug-likeness (QED) is 0.0932. The van der Waals surface area contributed by atoms with Crippen LogP contribution in [0.2, 0.25) is 0 Å². The number of allylic oxidation sites excluding steroid dienone is 1. The molecule has 0 aromatic rings. The van der Waals surface area contributed by atoms with E-state index in [0.29, 0.717) is 11.3 Å². The van der Waals surface area contributed by atoms with Crippen molar-refractivity contribution in [2.75, 3.05) is 13.2 Å². The van der Waals surface area contributed by atoms with Gasteiger partial charge in [0, 0.05) is 18.8 Å². The Morgan fingerprint density at radius 2 is 1.97 bits per heavy atom. The number of carbonyl (C=O) groups is 1. The topological polar surface area (TPSA) is 66.3 Å². The number of nitrogens with zero attached hydrogens (tertiary/aromatic N) is 1. The Kier molecular flexibility index (Phi) is 8.32. The maximum Gasteiger partial charge on any atom is 0.302 e. The van der Waals surface area contributed by atoms with E-state index < -0.39 is 0 Å². The minimum atomic E-state index is -0.381. The summed E-state index contributed by atoms with van der Waals surface area (Å²) in [5.74, 6) is 5.13. The molecule has 0 bridgehead atoms. The first-order chi connectivity index (χ1) is 18.7. The maximum absolute atomic E-state index is 11.3. The predicted octanol–water partition coefficient (Wildman–Crippen LogP) is 6.46. The summed E-state index contributed by atoms with van der Waals surface area (Å²) in [6.07, 6.45) is 21.1. The van der Waals surface area contributed by atoms with Gasteiger partial charge in [0.1, 0.15) is 12.7 Å². The molecule has 0 aromatic carbocycles. The van der Waals surface area contributed by atoms with Crippen LogP contribution in [-0.2, 0) is 23.8 Å². The standard InChI is InChI=1S/C33H47NO5/c1-7-18-37-34-22(3)27-11-12-28-26-10-9-24-19-25(14-16-32(24,5)29(26)15-17-33(27,28)6)38-31-13-8-21(2)30(39-31)20-36-23(4)35/h1,8-9,13,21,25-31H,10-12,14-20H2,2-6H3/b34-22+/t21-,25-,26?,27+,28?,29?,30+,31?,32-,33+/m0/s1. The number of terminal acetylenes is 1. The molecule has 0 N–H and O–H groups in total. The van der Waals surface area contributed by atoms with Crippen LogP contribution in [0, 0.1) is 52.8 Å². The molecule has 0 amide bonds. The summed E-state index contributed by atoms with van der Waals surface area (Å²) in [4.78, 5) is 16.6. The Morgan fingerprint density at radius 3 is 2.74 bits per heavy atom. The minimum Gasteiger partial charge on any atom is -0.463 e. The van der Waals surface area contributed by atoms with Gasteiger partial charge < -0.3 is 19.0 Å². The lowest BCUT2D eigenvalue weighted by molar-refractivity contribution is -0.199. The summed E-state index contributed by atoms with van der Waals surface area (Å²) in [6.45, 7) is 11.2. The zero-order chi connectivity index (χ0) is 27.8. The molecular weight excluding hydrogens is 490 g/mol. The van der Waals surface area contributed by atoms with E-state index in [-0.39, 0.29) is 49.0 Å². The van der Waals surface area contributed by atoms with Gasteiger partial charge in [-0.05, 0) is 93.0 Å². The highest BCUT2D eigenvalue weighted by Crippen LogP contribution is 2.66. The summed E-state index contributed by atoms with van der Waals surface area (Å²) in [6, 6.07) is 0. The molecule has 10 atom stereocenters. The van der Waals surface area contributed by atoms with Crippen LogP contribution in [0.3, 0.4) is 0 Å². The zero-order valence-electron chi connectivity index (χ0n) is 24.5. The molecule has 3 saturated carbocycles. The zero-order valence-corrected chi connectivity index (χ0v) is 24.5.